The van der Waals surface area contributed by atoms with Crippen molar-refractivity contribution in [1.29, 1.82) is 10.5 Å². The lowest BCUT2D eigenvalue weighted by molar-refractivity contribution is 1.46. The molecule has 0 aliphatic rings. The molecule has 0 unspecified atom stereocenters. The minimum absolute atomic E-state index is 0.570. The molecule has 6 aromatic carbocycles. The maximum absolute atomic E-state index is 10.7. The molecule has 0 radical (unpaired) electrons. The van der Waals surface area contributed by atoms with Crippen molar-refractivity contribution in [3.8, 4) is 45.5 Å². The number of nitriles is 2. The summed E-state index contributed by atoms with van der Waals surface area (Å²) in [6.45, 7) is 0. The Morgan fingerprint density at radius 1 is 0.429 bits per heavy atom. The molecule has 8 rings (SSSR count). The van der Waals surface area contributed by atoms with E-state index in [9.17, 15) is 10.5 Å². The Morgan fingerprint density at radius 2 is 1.12 bits per heavy atom. The topological polar surface area (TPSA) is 47.6 Å². The molecule has 0 aliphatic carbocycles. The number of rotatable bonds is 3. The molecule has 0 amide bonds. The van der Waals surface area contributed by atoms with Gasteiger partial charge in [0.1, 0.15) is 6.07 Å². The van der Waals surface area contributed by atoms with Crippen LogP contribution in [0.1, 0.15) is 11.1 Å². The molecule has 2 aromatic heterocycles. The van der Waals surface area contributed by atoms with Crippen molar-refractivity contribution in [2.75, 3.05) is 0 Å². The van der Waals surface area contributed by atoms with Crippen LogP contribution in [0, 0.1) is 22.7 Å². The Bertz CT molecular complexity index is 2450. The van der Waals surface area contributed by atoms with Crippen molar-refractivity contribution >= 4 is 63.0 Å². The molecular formula is C38H20N2S2. The maximum atomic E-state index is 10.7. The van der Waals surface area contributed by atoms with E-state index in [-0.39, 0.29) is 0 Å². The van der Waals surface area contributed by atoms with Gasteiger partial charge >= 0.3 is 0 Å². The second kappa shape index (κ2) is 9.68. The van der Waals surface area contributed by atoms with Crippen LogP contribution in [0.25, 0.3) is 73.7 Å². The zero-order valence-corrected chi connectivity index (χ0v) is 23.9. The number of hydrogen-bond donors (Lipinski definition) is 0. The zero-order chi connectivity index (χ0) is 28.2. The van der Waals surface area contributed by atoms with E-state index in [2.05, 4.69) is 109 Å². The van der Waals surface area contributed by atoms with Crippen LogP contribution >= 0.6 is 22.7 Å². The maximum Gasteiger partial charge on any atom is 0.100 e. The molecule has 42 heavy (non-hydrogen) atoms. The fourth-order valence-electron chi connectivity index (χ4n) is 6.03. The SMILES string of the molecule is N#Cc1cccc(-c2cc(-c3ccc4sc5ccccc5c4c3)cc(-c3cccc4sc5ccccc5c34)c2C#N)c1. The van der Waals surface area contributed by atoms with Gasteiger partial charge in [0.05, 0.1) is 17.2 Å². The highest BCUT2D eigenvalue weighted by molar-refractivity contribution is 7.26. The summed E-state index contributed by atoms with van der Waals surface area (Å²) in [6.07, 6.45) is 0. The quantitative estimate of drug-likeness (QED) is 0.213. The minimum atomic E-state index is 0.570. The molecule has 0 N–H and O–H groups in total. The van der Waals surface area contributed by atoms with Gasteiger partial charge in [-0.2, -0.15) is 10.5 Å². The minimum Gasteiger partial charge on any atom is -0.192 e. The average molecular weight is 569 g/mol. The third kappa shape index (κ3) is 3.82. The first-order valence-corrected chi connectivity index (χ1v) is 15.3. The van der Waals surface area contributed by atoms with Crippen molar-refractivity contribution in [2.24, 2.45) is 0 Å². The standard InChI is InChI=1S/C38H20N2S2/c39-21-23-7-5-8-25(17-23)30-19-26(24-15-16-36-32(18-24)27-9-1-3-12-34(27)41-36)20-31(33(30)22-40)28-11-6-14-37-38(28)29-10-2-4-13-35(29)42-37/h1-20H. The zero-order valence-electron chi connectivity index (χ0n) is 22.3. The summed E-state index contributed by atoms with van der Waals surface area (Å²) in [4.78, 5) is 0. The van der Waals surface area contributed by atoms with Gasteiger partial charge in [-0.1, -0.05) is 66.7 Å². The number of benzene rings is 6. The van der Waals surface area contributed by atoms with Crippen molar-refractivity contribution < 1.29 is 0 Å². The highest BCUT2D eigenvalue weighted by atomic mass is 32.1. The van der Waals surface area contributed by atoms with Crippen molar-refractivity contribution in [1.82, 2.24) is 0 Å². The highest BCUT2D eigenvalue weighted by Gasteiger charge is 2.19. The lowest BCUT2D eigenvalue weighted by Crippen LogP contribution is -1.94. The summed E-state index contributed by atoms with van der Waals surface area (Å²) < 4.78 is 4.95. The number of thiophene rings is 2. The summed E-state index contributed by atoms with van der Waals surface area (Å²) in [5.74, 6) is 0. The molecule has 0 saturated heterocycles. The van der Waals surface area contributed by atoms with Crippen LogP contribution in [-0.2, 0) is 0 Å². The van der Waals surface area contributed by atoms with Crippen molar-refractivity contribution in [3.63, 3.8) is 0 Å². The normalized spacial score (nSPS) is 11.3. The Hall–Kier alpha value is -5.26. The average Bonchev–Trinajstić information content (AvgIpc) is 3.62. The van der Waals surface area contributed by atoms with Gasteiger partial charge in [0.25, 0.3) is 0 Å². The predicted octanol–water partition coefficient (Wildman–Crippen LogP) is 11.2. The Morgan fingerprint density at radius 3 is 1.95 bits per heavy atom. The van der Waals surface area contributed by atoms with Gasteiger partial charge in [-0.15, -0.1) is 22.7 Å². The number of hydrogen-bond acceptors (Lipinski definition) is 4. The van der Waals surface area contributed by atoms with Crippen LogP contribution in [0.3, 0.4) is 0 Å². The second-order valence-corrected chi connectivity index (χ2v) is 12.5. The summed E-state index contributed by atoms with van der Waals surface area (Å²) >= 11 is 3.58. The fourth-order valence-corrected chi connectivity index (χ4v) is 8.25. The van der Waals surface area contributed by atoms with E-state index in [1.807, 2.05) is 18.2 Å². The monoisotopic (exact) mass is 568 g/mol. The van der Waals surface area contributed by atoms with Crippen LogP contribution in [0.4, 0.5) is 0 Å². The molecule has 0 saturated carbocycles. The summed E-state index contributed by atoms with van der Waals surface area (Å²) in [5.41, 5.74) is 6.94. The van der Waals surface area contributed by atoms with E-state index in [4.69, 9.17) is 0 Å². The summed E-state index contributed by atoms with van der Waals surface area (Å²) in [6, 6.07) is 46.7. The van der Waals surface area contributed by atoms with Gasteiger partial charge in [-0.25, -0.2) is 0 Å². The van der Waals surface area contributed by atoms with Crippen molar-refractivity contribution in [2.45, 2.75) is 0 Å². The molecule has 0 bridgehead atoms. The van der Waals surface area contributed by atoms with E-state index < -0.39 is 0 Å². The van der Waals surface area contributed by atoms with Crippen LogP contribution in [0.15, 0.2) is 121 Å². The second-order valence-electron chi connectivity index (χ2n) is 10.3. The molecule has 0 fully saturated rings. The van der Waals surface area contributed by atoms with Crippen LogP contribution in [-0.4, -0.2) is 0 Å². The summed E-state index contributed by atoms with van der Waals surface area (Å²) in [5, 5.41) is 25.2. The smallest absolute Gasteiger partial charge is 0.100 e. The molecule has 0 spiro atoms. The van der Waals surface area contributed by atoms with Gasteiger partial charge in [-0.3, -0.25) is 0 Å². The van der Waals surface area contributed by atoms with Crippen LogP contribution < -0.4 is 0 Å². The third-order valence-corrected chi connectivity index (χ3v) is 10.2. The molecule has 2 heterocycles. The van der Waals surface area contributed by atoms with Gasteiger partial charge in [-0.05, 0) is 76.9 Å². The lowest BCUT2D eigenvalue weighted by Gasteiger charge is -2.15. The Labute approximate surface area is 250 Å². The van der Waals surface area contributed by atoms with Crippen molar-refractivity contribution in [3.05, 3.63) is 132 Å². The van der Waals surface area contributed by atoms with E-state index in [0.717, 1.165) is 33.4 Å². The van der Waals surface area contributed by atoms with E-state index >= 15 is 0 Å². The largest absolute Gasteiger partial charge is 0.192 e. The van der Waals surface area contributed by atoms with E-state index in [1.165, 1.54) is 40.3 Å². The van der Waals surface area contributed by atoms with Crippen LogP contribution in [0.2, 0.25) is 0 Å². The Balaban J connectivity index is 1.46. The van der Waals surface area contributed by atoms with Gasteiger partial charge in [0.2, 0.25) is 0 Å². The molecule has 194 valence electrons. The van der Waals surface area contributed by atoms with Crippen LogP contribution in [0.5, 0.6) is 0 Å². The summed E-state index contributed by atoms with van der Waals surface area (Å²) in [7, 11) is 0. The molecule has 0 aliphatic heterocycles. The fraction of sp³-hybridized carbons (Fsp3) is 0. The van der Waals surface area contributed by atoms with Gasteiger partial charge in [0, 0.05) is 51.5 Å². The predicted molar refractivity (Wildman–Crippen MR) is 178 cm³/mol. The molecular weight excluding hydrogens is 549 g/mol. The van der Waals surface area contributed by atoms with E-state index in [1.54, 1.807) is 28.7 Å². The van der Waals surface area contributed by atoms with Gasteiger partial charge in [0.15, 0.2) is 0 Å². The Kier molecular flexibility index (Phi) is 5.66. The number of fused-ring (bicyclic) bond motifs is 6. The van der Waals surface area contributed by atoms with Gasteiger partial charge < -0.3 is 0 Å². The first kappa shape index (κ1) is 24.5. The molecule has 8 aromatic rings. The third-order valence-electron chi connectivity index (χ3n) is 7.96. The number of nitrogens with zero attached hydrogens (tertiary/aromatic N) is 2. The first-order valence-electron chi connectivity index (χ1n) is 13.6. The molecule has 2 nitrogen and oxygen atoms in total. The lowest BCUT2D eigenvalue weighted by atomic mass is 9.86. The van der Waals surface area contributed by atoms with E-state index in [0.29, 0.717) is 11.1 Å². The molecule has 0 atom stereocenters. The first-order chi connectivity index (χ1) is 20.7. The highest BCUT2D eigenvalue weighted by Crippen LogP contribution is 2.45. The molecule has 4 heteroatoms.